The van der Waals surface area contributed by atoms with Crippen LogP contribution in [-0.2, 0) is 0 Å². The monoisotopic (exact) mass is 167 g/mol. The van der Waals surface area contributed by atoms with Gasteiger partial charge >= 0.3 is 0 Å². The smallest absolute Gasteiger partial charge is 0.191 e. The Labute approximate surface area is 71.4 Å². The van der Waals surface area contributed by atoms with Gasteiger partial charge in [0.25, 0.3) is 0 Å². The fourth-order valence-corrected chi connectivity index (χ4v) is 0.993. The van der Waals surface area contributed by atoms with E-state index in [0.29, 0.717) is 5.89 Å². The van der Waals surface area contributed by atoms with Crippen LogP contribution in [0.5, 0.6) is 0 Å². The van der Waals surface area contributed by atoms with Crippen LogP contribution < -0.4 is 11.3 Å². The molecule has 12 heavy (non-hydrogen) atoms. The molecule has 0 aliphatic carbocycles. The van der Waals surface area contributed by atoms with E-state index in [1.807, 2.05) is 6.92 Å². The average Bonchev–Trinajstić information content (AvgIpc) is 2.37. The minimum absolute atomic E-state index is 0.123. The summed E-state index contributed by atoms with van der Waals surface area (Å²) in [4.78, 5) is 4.13. The third-order valence-electron chi connectivity index (χ3n) is 1.59. The molecule has 0 saturated heterocycles. The van der Waals surface area contributed by atoms with Gasteiger partial charge in [0.15, 0.2) is 5.89 Å². The quantitative estimate of drug-likeness (QED) is 0.401. The molecule has 1 aromatic rings. The fourth-order valence-electron chi connectivity index (χ4n) is 0.993. The Hall–Kier alpha value is -1.13. The van der Waals surface area contributed by atoms with Crippen molar-refractivity contribution in [2.24, 2.45) is 5.84 Å². The van der Waals surface area contributed by atoms with Gasteiger partial charge in [-0.2, -0.15) is 0 Å². The van der Waals surface area contributed by atoms with Crippen LogP contribution in [0.25, 0.3) is 0 Å². The number of oxazole rings is 1. The van der Waals surface area contributed by atoms with Crippen molar-refractivity contribution in [1.29, 1.82) is 0 Å². The Morgan fingerprint density at radius 2 is 2.50 bits per heavy atom. The molecule has 0 amide bonds. The van der Waals surface area contributed by atoms with Crippen LogP contribution in [0, 0.1) is 6.92 Å². The molecule has 1 unspecified atom stereocenters. The Balaban J connectivity index is 2.87. The molecular weight excluding hydrogens is 154 g/mol. The van der Waals surface area contributed by atoms with E-state index in [-0.39, 0.29) is 6.04 Å². The molecule has 3 N–H and O–H groups in total. The van der Waals surface area contributed by atoms with E-state index in [1.54, 1.807) is 13.2 Å². The normalized spacial score (nSPS) is 12.9. The van der Waals surface area contributed by atoms with Crippen molar-refractivity contribution >= 4 is 0 Å². The number of nitrogens with zero attached hydrogens (tertiary/aromatic N) is 1. The van der Waals surface area contributed by atoms with Crippen LogP contribution in [0.4, 0.5) is 0 Å². The number of hydrogen-bond acceptors (Lipinski definition) is 4. The summed E-state index contributed by atoms with van der Waals surface area (Å²) in [5.74, 6) is 5.95. The number of rotatable bonds is 3. The molecule has 66 valence electrons. The van der Waals surface area contributed by atoms with Crippen molar-refractivity contribution < 1.29 is 4.42 Å². The van der Waals surface area contributed by atoms with Gasteiger partial charge in [-0.05, 0) is 6.92 Å². The third kappa shape index (κ3) is 1.72. The number of aryl methyl sites for hydroxylation is 1. The largest absolute Gasteiger partial charge is 0.449 e. The number of nitrogens with two attached hydrogens (primary N) is 1. The Bertz CT molecular complexity index is 280. The van der Waals surface area contributed by atoms with Crippen molar-refractivity contribution in [3.63, 3.8) is 0 Å². The van der Waals surface area contributed by atoms with Crippen molar-refractivity contribution in [2.75, 3.05) is 0 Å². The van der Waals surface area contributed by atoms with Gasteiger partial charge in [-0.1, -0.05) is 12.2 Å². The van der Waals surface area contributed by atoms with Gasteiger partial charge in [-0.3, -0.25) is 5.84 Å². The molecule has 1 atom stereocenters. The minimum Gasteiger partial charge on any atom is -0.449 e. The number of hydrogen-bond donors (Lipinski definition) is 2. The van der Waals surface area contributed by atoms with E-state index < -0.39 is 0 Å². The van der Waals surface area contributed by atoms with E-state index in [9.17, 15) is 0 Å². The second-order valence-corrected chi connectivity index (χ2v) is 2.74. The standard InChI is InChI=1S/C8H13N3O/c1-5(2)8(11-9)7-4-12-6(3)10-7/h4,8,11H,1,9H2,2-3H3. The van der Waals surface area contributed by atoms with Crippen molar-refractivity contribution in [3.05, 3.63) is 30.0 Å². The van der Waals surface area contributed by atoms with Crippen LogP contribution in [0.1, 0.15) is 24.6 Å². The number of hydrazine groups is 1. The summed E-state index contributed by atoms with van der Waals surface area (Å²) >= 11 is 0. The van der Waals surface area contributed by atoms with E-state index in [1.165, 1.54) is 0 Å². The molecule has 0 aromatic carbocycles. The maximum absolute atomic E-state index is 5.32. The first-order valence-corrected chi connectivity index (χ1v) is 3.68. The SMILES string of the molecule is C=C(C)C(NN)c1coc(C)n1. The molecule has 0 radical (unpaired) electrons. The highest BCUT2D eigenvalue weighted by Gasteiger charge is 2.13. The van der Waals surface area contributed by atoms with Gasteiger partial charge in [0.1, 0.15) is 12.0 Å². The van der Waals surface area contributed by atoms with E-state index in [4.69, 9.17) is 10.3 Å². The summed E-state index contributed by atoms with van der Waals surface area (Å²) in [6.07, 6.45) is 1.58. The van der Waals surface area contributed by atoms with Gasteiger partial charge in [0.05, 0.1) is 6.04 Å². The van der Waals surface area contributed by atoms with Crippen LogP contribution in [0.2, 0.25) is 0 Å². The fraction of sp³-hybridized carbons (Fsp3) is 0.375. The third-order valence-corrected chi connectivity index (χ3v) is 1.59. The predicted octanol–water partition coefficient (Wildman–Crippen LogP) is 1.06. The van der Waals surface area contributed by atoms with Crippen LogP contribution >= 0.6 is 0 Å². The molecule has 0 spiro atoms. The first-order chi connectivity index (χ1) is 5.65. The summed E-state index contributed by atoms with van der Waals surface area (Å²) in [6.45, 7) is 7.46. The van der Waals surface area contributed by atoms with Crippen molar-refractivity contribution in [3.8, 4) is 0 Å². The zero-order chi connectivity index (χ0) is 9.14. The van der Waals surface area contributed by atoms with E-state index in [0.717, 1.165) is 11.3 Å². The minimum atomic E-state index is -0.123. The highest BCUT2D eigenvalue weighted by Crippen LogP contribution is 2.17. The molecule has 0 fully saturated rings. The zero-order valence-electron chi connectivity index (χ0n) is 7.29. The number of aromatic nitrogens is 1. The zero-order valence-corrected chi connectivity index (χ0v) is 7.29. The van der Waals surface area contributed by atoms with Crippen molar-refractivity contribution in [2.45, 2.75) is 19.9 Å². The second kappa shape index (κ2) is 3.51. The molecule has 4 heteroatoms. The first-order valence-electron chi connectivity index (χ1n) is 3.68. The van der Waals surface area contributed by atoms with Gasteiger partial charge in [-0.15, -0.1) is 0 Å². The Morgan fingerprint density at radius 1 is 1.83 bits per heavy atom. The molecular formula is C8H13N3O. The average molecular weight is 167 g/mol. The summed E-state index contributed by atoms with van der Waals surface area (Å²) in [5.41, 5.74) is 4.28. The molecule has 0 aliphatic rings. The van der Waals surface area contributed by atoms with Crippen LogP contribution in [0.3, 0.4) is 0 Å². The lowest BCUT2D eigenvalue weighted by atomic mass is 10.1. The van der Waals surface area contributed by atoms with Gasteiger partial charge in [-0.25, -0.2) is 10.4 Å². The highest BCUT2D eigenvalue weighted by molar-refractivity contribution is 5.15. The Morgan fingerprint density at radius 3 is 2.83 bits per heavy atom. The number of nitrogens with one attached hydrogen (secondary N) is 1. The lowest BCUT2D eigenvalue weighted by Gasteiger charge is -2.11. The second-order valence-electron chi connectivity index (χ2n) is 2.74. The molecule has 1 heterocycles. The van der Waals surface area contributed by atoms with Gasteiger partial charge in [0.2, 0.25) is 0 Å². The maximum atomic E-state index is 5.32. The summed E-state index contributed by atoms with van der Waals surface area (Å²) in [5, 5.41) is 0. The van der Waals surface area contributed by atoms with Crippen molar-refractivity contribution in [1.82, 2.24) is 10.4 Å². The van der Waals surface area contributed by atoms with Gasteiger partial charge in [0, 0.05) is 6.92 Å². The van der Waals surface area contributed by atoms with Gasteiger partial charge < -0.3 is 4.42 Å². The molecule has 0 aliphatic heterocycles. The molecule has 0 saturated carbocycles. The summed E-state index contributed by atoms with van der Waals surface area (Å²) in [6, 6.07) is -0.123. The lowest BCUT2D eigenvalue weighted by Crippen LogP contribution is -2.28. The Kier molecular flexibility index (Phi) is 2.62. The van der Waals surface area contributed by atoms with E-state index >= 15 is 0 Å². The first kappa shape index (κ1) is 8.96. The maximum Gasteiger partial charge on any atom is 0.191 e. The van der Waals surface area contributed by atoms with Crippen LogP contribution in [-0.4, -0.2) is 4.98 Å². The summed E-state index contributed by atoms with van der Waals surface area (Å²) < 4.78 is 5.05. The molecule has 4 nitrogen and oxygen atoms in total. The lowest BCUT2D eigenvalue weighted by molar-refractivity contribution is 0.518. The molecule has 0 bridgehead atoms. The molecule has 1 aromatic heterocycles. The van der Waals surface area contributed by atoms with E-state index in [2.05, 4.69) is 17.0 Å². The summed E-state index contributed by atoms with van der Waals surface area (Å²) in [7, 11) is 0. The molecule has 1 rings (SSSR count). The topological polar surface area (TPSA) is 64.1 Å². The van der Waals surface area contributed by atoms with Crippen LogP contribution in [0.15, 0.2) is 22.8 Å². The predicted molar refractivity (Wildman–Crippen MR) is 46.1 cm³/mol. The highest BCUT2D eigenvalue weighted by atomic mass is 16.3.